The summed E-state index contributed by atoms with van der Waals surface area (Å²) in [5, 5.41) is 11.8. The van der Waals surface area contributed by atoms with E-state index in [9.17, 15) is 9.59 Å². The van der Waals surface area contributed by atoms with E-state index in [1.54, 1.807) is 17.9 Å². The summed E-state index contributed by atoms with van der Waals surface area (Å²) in [6.07, 6.45) is 2.73. The molecule has 0 spiro atoms. The molecule has 1 aliphatic heterocycles. The van der Waals surface area contributed by atoms with Gasteiger partial charge in [0.1, 0.15) is 0 Å². The molecule has 0 bridgehead atoms. The van der Waals surface area contributed by atoms with Crippen LogP contribution in [0.2, 0.25) is 0 Å². The Morgan fingerprint density at radius 2 is 2.00 bits per heavy atom. The van der Waals surface area contributed by atoms with Crippen LogP contribution in [0.4, 0.5) is 0 Å². The van der Waals surface area contributed by atoms with Crippen molar-refractivity contribution in [3.63, 3.8) is 0 Å². The summed E-state index contributed by atoms with van der Waals surface area (Å²) in [4.78, 5) is 26.2. The number of benzene rings is 1. The van der Waals surface area contributed by atoms with Crippen molar-refractivity contribution in [2.24, 2.45) is 7.05 Å². The Balaban J connectivity index is 1.92. The van der Waals surface area contributed by atoms with Gasteiger partial charge in [0, 0.05) is 50.9 Å². The lowest BCUT2D eigenvalue weighted by Crippen LogP contribution is -2.35. The topological polar surface area (TPSA) is 104 Å². The number of amides is 1. The molecule has 180 valence electrons. The number of nitrogens with zero attached hydrogens (tertiary/aromatic N) is 2. The van der Waals surface area contributed by atoms with Crippen LogP contribution in [0, 0.1) is 6.92 Å². The minimum absolute atomic E-state index is 0.0901. The molecular formula is C24H33N3O6. The molecule has 1 aromatic heterocycles. The highest BCUT2D eigenvalue weighted by atomic mass is 16.7. The quantitative estimate of drug-likeness (QED) is 0.496. The predicted octanol–water partition coefficient (Wildman–Crippen LogP) is 1.75. The van der Waals surface area contributed by atoms with Crippen molar-refractivity contribution >= 4 is 5.91 Å². The van der Waals surface area contributed by atoms with Gasteiger partial charge >= 0.3 is 0 Å². The summed E-state index contributed by atoms with van der Waals surface area (Å²) < 4.78 is 20.1. The zero-order valence-corrected chi connectivity index (χ0v) is 19.5. The van der Waals surface area contributed by atoms with Gasteiger partial charge in [0.05, 0.1) is 18.9 Å². The number of methoxy groups -OCH3 is 1. The van der Waals surface area contributed by atoms with Gasteiger partial charge in [-0.3, -0.25) is 14.3 Å². The van der Waals surface area contributed by atoms with Crippen LogP contribution < -0.4 is 10.9 Å². The smallest absolute Gasteiger partial charge is 0.286 e. The molecule has 2 heterocycles. The van der Waals surface area contributed by atoms with Crippen LogP contribution in [-0.4, -0.2) is 60.1 Å². The Bertz CT molecular complexity index is 1010. The van der Waals surface area contributed by atoms with Gasteiger partial charge in [-0.2, -0.15) is 0 Å². The number of carbonyl (C=O) groups excluding carboxylic acids is 1. The van der Waals surface area contributed by atoms with E-state index in [2.05, 4.69) is 5.32 Å². The van der Waals surface area contributed by atoms with E-state index in [-0.39, 0.29) is 29.8 Å². The largest absolute Gasteiger partial charge is 0.459 e. The van der Waals surface area contributed by atoms with E-state index in [1.807, 2.05) is 49.0 Å². The number of unbranched alkanes of at least 4 members (excludes halogenated alkanes) is 1. The van der Waals surface area contributed by atoms with Gasteiger partial charge in [-0.25, -0.2) is 4.68 Å². The van der Waals surface area contributed by atoms with E-state index in [4.69, 9.17) is 19.3 Å². The molecule has 2 N–H and O–H groups in total. The van der Waals surface area contributed by atoms with Gasteiger partial charge in [-0.05, 0) is 38.0 Å². The molecule has 0 aliphatic carbocycles. The van der Waals surface area contributed by atoms with Crippen LogP contribution in [0.5, 0.6) is 0 Å². The molecule has 33 heavy (non-hydrogen) atoms. The molecule has 0 unspecified atom stereocenters. The van der Waals surface area contributed by atoms with Crippen molar-refractivity contribution in [3.8, 4) is 5.69 Å². The van der Waals surface area contributed by atoms with E-state index in [0.717, 1.165) is 11.4 Å². The molecule has 3 rings (SSSR count). The molecule has 1 aromatic carbocycles. The number of hydrogen-bond donors (Lipinski definition) is 2. The Morgan fingerprint density at radius 3 is 2.70 bits per heavy atom. The first-order valence-corrected chi connectivity index (χ1v) is 11.2. The standard InChI is InChI=1S/C24H33N3O6/c1-17-22(24(30)27(26(17)2)19-9-5-4-6-10-19)18-15-20(23(29)25-11-14-31-3)33-21(16-18)32-13-8-7-12-28/h4-6,9-10,15,18,21,28H,7-8,11-14,16H2,1-3H3,(H,25,29)/t18-,21+/m0/s1. The fourth-order valence-corrected chi connectivity index (χ4v) is 3.92. The second-order valence-corrected chi connectivity index (χ2v) is 7.95. The van der Waals surface area contributed by atoms with E-state index < -0.39 is 6.29 Å². The molecule has 0 saturated carbocycles. The van der Waals surface area contributed by atoms with E-state index in [0.29, 0.717) is 44.6 Å². The Labute approximate surface area is 193 Å². The van der Waals surface area contributed by atoms with Gasteiger partial charge in [-0.15, -0.1) is 0 Å². The minimum Gasteiger partial charge on any atom is -0.459 e. The summed E-state index contributed by atoms with van der Waals surface area (Å²) in [6, 6.07) is 9.44. The lowest BCUT2D eigenvalue weighted by atomic mass is 9.93. The molecular weight excluding hydrogens is 426 g/mol. The number of aromatic nitrogens is 2. The van der Waals surface area contributed by atoms with Crippen molar-refractivity contribution in [3.05, 3.63) is 63.8 Å². The van der Waals surface area contributed by atoms with Crippen LogP contribution in [-0.2, 0) is 26.1 Å². The molecule has 2 aromatic rings. The molecule has 0 fully saturated rings. The first-order valence-electron chi connectivity index (χ1n) is 11.2. The molecule has 0 radical (unpaired) electrons. The molecule has 9 nitrogen and oxygen atoms in total. The van der Waals surface area contributed by atoms with E-state index in [1.165, 1.54) is 0 Å². The number of ether oxygens (including phenoxy) is 3. The number of carbonyl (C=O) groups is 1. The van der Waals surface area contributed by atoms with Gasteiger partial charge in [0.25, 0.3) is 11.5 Å². The van der Waals surface area contributed by atoms with Crippen molar-refractivity contribution in [2.45, 2.75) is 38.4 Å². The summed E-state index contributed by atoms with van der Waals surface area (Å²) in [6.45, 7) is 3.09. The van der Waals surface area contributed by atoms with Crippen LogP contribution >= 0.6 is 0 Å². The maximum Gasteiger partial charge on any atom is 0.286 e. The number of hydrogen-bond acceptors (Lipinski definition) is 6. The zero-order valence-electron chi connectivity index (χ0n) is 19.5. The molecule has 1 aliphatic rings. The third kappa shape index (κ3) is 5.93. The summed E-state index contributed by atoms with van der Waals surface area (Å²) >= 11 is 0. The van der Waals surface area contributed by atoms with Gasteiger partial charge < -0.3 is 24.6 Å². The zero-order chi connectivity index (χ0) is 23.8. The average Bonchev–Trinajstić information content (AvgIpc) is 3.05. The van der Waals surface area contributed by atoms with Crippen molar-refractivity contribution in [2.75, 3.05) is 33.5 Å². The molecule has 1 amide bonds. The molecule has 2 atom stereocenters. The Hall–Kier alpha value is -2.88. The monoisotopic (exact) mass is 459 g/mol. The highest BCUT2D eigenvalue weighted by Crippen LogP contribution is 2.32. The number of para-hydroxylation sites is 1. The predicted molar refractivity (Wildman–Crippen MR) is 123 cm³/mol. The van der Waals surface area contributed by atoms with Crippen LogP contribution in [0.1, 0.15) is 36.4 Å². The fourth-order valence-electron chi connectivity index (χ4n) is 3.92. The maximum atomic E-state index is 13.5. The molecule has 0 saturated heterocycles. The van der Waals surface area contributed by atoms with Crippen molar-refractivity contribution in [1.29, 1.82) is 0 Å². The summed E-state index contributed by atoms with van der Waals surface area (Å²) in [5.41, 5.74) is 2.05. The summed E-state index contributed by atoms with van der Waals surface area (Å²) in [5.74, 6) is -0.602. The second-order valence-electron chi connectivity index (χ2n) is 7.95. The Kier molecular flexibility index (Phi) is 8.87. The second kappa shape index (κ2) is 11.8. The van der Waals surface area contributed by atoms with Crippen molar-refractivity contribution < 1.29 is 24.1 Å². The van der Waals surface area contributed by atoms with Crippen LogP contribution in [0.15, 0.2) is 47.0 Å². The normalized spacial score (nSPS) is 18.0. The van der Waals surface area contributed by atoms with Gasteiger partial charge in [-0.1, -0.05) is 18.2 Å². The third-order valence-electron chi connectivity index (χ3n) is 5.70. The Morgan fingerprint density at radius 1 is 1.24 bits per heavy atom. The SMILES string of the molecule is COCCNC(=O)C1=C[C@H](c2c(C)n(C)n(-c3ccccc3)c2=O)C[C@H](OCCCCO)O1. The minimum atomic E-state index is -0.675. The maximum absolute atomic E-state index is 13.5. The molecule has 9 heteroatoms. The summed E-state index contributed by atoms with van der Waals surface area (Å²) in [7, 11) is 3.41. The first-order chi connectivity index (χ1) is 16.0. The number of aliphatic hydroxyl groups is 1. The number of rotatable bonds is 11. The number of nitrogens with one attached hydrogen (secondary N) is 1. The van der Waals surface area contributed by atoms with Crippen LogP contribution in [0.25, 0.3) is 5.69 Å². The van der Waals surface area contributed by atoms with E-state index >= 15 is 0 Å². The van der Waals surface area contributed by atoms with Gasteiger partial charge in [0.2, 0.25) is 6.29 Å². The first kappa shape index (κ1) is 24.8. The highest BCUT2D eigenvalue weighted by Gasteiger charge is 2.32. The number of allylic oxidation sites excluding steroid dienone is 1. The lowest BCUT2D eigenvalue weighted by molar-refractivity contribution is -0.146. The highest BCUT2D eigenvalue weighted by molar-refractivity contribution is 5.91. The fraction of sp³-hybridized carbons (Fsp3) is 0.500. The third-order valence-corrected chi connectivity index (χ3v) is 5.70. The lowest BCUT2D eigenvalue weighted by Gasteiger charge is -2.29. The van der Waals surface area contributed by atoms with Crippen LogP contribution in [0.3, 0.4) is 0 Å². The number of aliphatic hydroxyl groups excluding tert-OH is 1. The average molecular weight is 460 g/mol. The van der Waals surface area contributed by atoms with Gasteiger partial charge in [0.15, 0.2) is 5.76 Å². The van der Waals surface area contributed by atoms with Crippen molar-refractivity contribution in [1.82, 2.24) is 14.7 Å².